The average Bonchev–Trinajstić information content (AvgIpc) is 2.37. The number of hydrogen-bond acceptors (Lipinski definition) is 5. The van der Waals surface area contributed by atoms with E-state index in [9.17, 15) is 19.7 Å². The topological polar surface area (TPSA) is 122 Å². The maximum absolute atomic E-state index is 11.9. The molecule has 9 heteroatoms. The molecule has 0 fully saturated rings. The Kier molecular flexibility index (Phi) is 5.39. The van der Waals surface area contributed by atoms with E-state index in [2.05, 4.69) is 10.3 Å². The van der Waals surface area contributed by atoms with Crippen LogP contribution in [-0.4, -0.2) is 32.9 Å². The third-order valence-electron chi connectivity index (χ3n) is 2.49. The molecule has 0 aliphatic carbocycles. The minimum atomic E-state index is -1.21. The first-order valence-corrected chi connectivity index (χ1v) is 6.08. The lowest BCUT2D eigenvalue weighted by atomic mass is 10.1. The van der Waals surface area contributed by atoms with Gasteiger partial charge in [0.15, 0.2) is 0 Å². The summed E-state index contributed by atoms with van der Waals surface area (Å²) < 4.78 is 0. The third-order valence-corrected chi connectivity index (χ3v) is 2.76. The van der Waals surface area contributed by atoms with Crippen LogP contribution in [0.3, 0.4) is 0 Å². The third kappa shape index (κ3) is 3.64. The first kappa shape index (κ1) is 15.8. The van der Waals surface area contributed by atoms with Crippen molar-refractivity contribution in [2.24, 2.45) is 0 Å². The first-order valence-electron chi connectivity index (χ1n) is 5.71. The SMILES string of the molecule is CCC[C@H](NC(=O)c1ccnc(Cl)c1[N+](=O)[O-])C(=O)O. The standard InChI is InChI=1S/C11H12ClN3O5/c1-2-3-7(11(17)18)14-10(16)6-4-5-13-9(12)8(6)15(19)20/h4-5,7H,2-3H2,1H3,(H,14,16)(H,17,18)/t7-/m0/s1. The van der Waals surface area contributed by atoms with Gasteiger partial charge in [0.25, 0.3) is 5.91 Å². The minimum absolute atomic E-state index is 0.216. The molecule has 0 aliphatic rings. The second-order valence-electron chi connectivity index (χ2n) is 3.91. The molecule has 1 rings (SSSR count). The number of nitrogens with zero attached hydrogens (tertiary/aromatic N) is 2. The van der Waals surface area contributed by atoms with E-state index in [-0.39, 0.29) is 12.0 Å². The van der Waals surface area contributed by atoms with Crippen LogP contribution in [0.2, 0.25) is 5.15 Å². The normalized spacial score (nSPS) is 11.7. The molecule has 0 saturated heterocycles. The van der Waals surface area contributed by atoms with Crippen molar-refractivity contribution in [3.05, 3.63) is 33.1 Å². The predicted octanol–water partition coefficient (Wildman–Crippen LogP) is 1.63. The average molecular weight is 302 g/mol. The fourth-order valence-corrected chi connectivity index (χ4v) is 1.79. The van der Waals surface area contributed by atoms with Crippen molar-refractivity contribution in [3.8, 4) is 0 Å². The summed E-state index contributed by atoms with van der Waals surface area (Å²) in [7, 11) is 0. The summed E-state index contributed by atoms with van der Waals surface area (Å²) in [4.78, 5) is 36.5. The van der Waals surface area contributed by atoms with Crippen LogP contribution in [0.1, 0.15) is 30.1 Å². The van der Waals surface area contributed by atoms with Crippen molar-refractivity contribution in [3.63, 3.8) is 0 Å². The zero-order valence-electron chi connectivity index (χ0n) is 10.5. The quantitative estimate of drug-likeness (QED) is 0.467. The number of carbonyl (C=O) groups is 2. The monoisotopic (exact) mass is 301 g/mol. The number of carboxylic acids is 1. The predicted molar refractivity (Wildman–Crippen MR) is 69.7 cm³/mol. The number of rotatable bonds is 6. The van der Waals surface area contributed by atoms with E-state index >= 15 is 0 Å². The van der Waals surface area contributed by atoms with Crippen LogP contribution in [-0.2, 0) is 4.79 Å². The van der Waals surface area contributed by atoms with Gasteiger partial charge in [0.2, 0.25) is 5.15 Å². The van der Waals surface area contributed by atoms with E-state index in [1.807, 2.05) is 0 Å². The van der Waals surface area contributed by atoms with Gasteiger partial charge in [-0.1, -0.05) is 24.9 Å². The van der Waals surface area contributed by atoms with Crippen LogP contribution in [0.5, 0.6) is 0 Å². The molecule has 20 heavy (non-hydrogen) atoms. The van der Waals surface area contributed by atoms with Gasteiger partial charge in [-0.25, -0.2) is 9.78 Å². The first-order chi connectivity index (χ1) is 9.38. The van der Waals surface area contributed by atoms with Crippen molar-refractivity contribution in [2.45, 2.75) is 25.8 Å². The number of nitrogens with one attached hydrogen (secondary N) is 1. The van der Waals surface area contributed by atoms with Gasteiger partial charge in [0.1, 0.15) is 11.6 Å². The Morgan fingerprint density at radius 1 is 1.60 bits per heavy atom. The maximum Gasteiger partial charge on any atom is 0.326 e. The summed E-state index contributed by atoms with van der Waals surface area (Å²) in [5.41, 5.74) is -0.968. The van der Waals surface area contributed by atoms with Gasteiger partial charge in [0.05, 0.1) is 4.92 Å². The zero-order valence-corrected chi connectivity index (χ0v) is 11.3. The summed E-state index contributed by atoms with van der Waals surface area (Å²) in [6, 6.07) is 0.00329. The molecule has 0 aliphatic heterocycles. The van der Waals surface area contributed by atoms with Gasteiger partial charge in [-0.15, -0.1) is 0 Å². The molecule has 8 nitrogen and oxygen atoms in total. The van der Waals surface area contributed by atoms with Crippen LogP contribution >= 0.6 is 11.6 Å². The number of nitro groups is 1. The Labute approximate surface area is 118 Å². The Morgan fingerprint density at radius 3 is 2.75 bits per heavy atom. The van der Waals surface area contributed by atoms with Crippen LogP contribution in [0.15, 0.2) is 12.3 Å². The highest BCUT2D eigenvalue weighted by atomic mass is 35.5. The van der Waals surface area contributed by atoms with Crippen molar-refractivity contribution in [1.29, 1.82) is 0 Å². The highest BCUT2D eigenvalue weighted by Gasteiger charge is 2.27. The summed E-state index contributed by atoms with van der Waals surface area (Å²) in [5.74, 6) is -2.08. The van der Waals surface area contributed by atoms with Gasteiger partial charge >= 0.3 is 11.7 Å². The fourth-order valence-electron chi connectivity index (χ4n) is 1.57. The van der Waals surface area contributed by atoms with Crippen molar-refractivity contribution in [2.75, 3.05) is 0 Å². The molecule has 1 heterocycles. The van der Waals surface area contributed by atoms with Crippen LogP contribution < -0.4 is 5.32 Å². The Bertz CT molecular complexity index is 549. The molecule has 1 aromatic rings. The highest BCUT2D eigenvalue weighted by Crippen LogP contribution is 2.25. The Morgan fingerprint density at radius 2 is 2.25 bits per heavy atom. The summed E-state index contributed by atoms with van der Waals surface area (Å²) in [5, 5.41) is 21.6. The van der Waals surface area contributed by atoms with E-state index in [1.165, 1.54) is 0 Å². The number of carbonyl (C=O) groups excluding carboxylic acids is 1. The fraction of sp³-hybridized carbons (Fsp3) is 0.364. The molecule has 0 radical (unpaired) electrons. The largest absolute Gasteiger partial charge is 0.480 e. The molecule has 1 amide bonds. The molecule has 0 spiro atoms. The molecule has 2 N–H and O–H groups in total. The molecule has 0 aromatic carbocycles. The van der Waals surface area contributed by atoms with Crippen LogP contribution in [0, 0.1) is 10.1 Å². The maximum atomic E-state index is 11.9. The molecular weight excluding hydrogens is 290 g/mol. The number of carboxylic acid groups (broad SMARTS) is 1. The van der Waals surface area contributed by atoms with Gasteiger partial charge in [-0.3, -0.25) is 14.9 Å². The minimum Gasteiger partial charge on any atom is -0.480 e. The lowest BCUT2D eigenvalue weighted by Gasteiger charge is -2.13. The van der Waals surface area contributed by atoms with Crippen molar-refractivity contribution in [1.82, 2.24) is 10.3 Å². The number of hydrogen-bond donors (Lipinski definition) is 2. The van der Waals surface area contributed by atoms with E-state index in [0.29, 0.717) is 6.42 Å². The molecule has 108 valence electrons. The van der Waals surface area contributed by atoms with Crippen LogP contribution in [0.4, 0.5) is 5.69 Å². The van der Waals surface area contributed by atoms with E-state index < -0.39 is 33.7 Å². The smallest absolute Gasteiger partial charge is 0.326 e. The number of amides is 1. The lowest BCUT2D eigenvalue weighted by molar-refractivity contribution is -0.385. The van der Waals surface area contributed by atoms with Gasteiger partial charge in [-0.2, -0.15) is 0 Å². The second kappa shape index (κ2) is 6.80. The summed E-state index contributed by atoms with van der Waals surface area (Å²) in [6.45, 7) is 1.76. The van der Waals surface area contributed by atoms with Gasteiger partial charge < -0.3 is 10.4 Å². The Balaban J connectivity index is 3.06. The van der Waals surface area contributed by atoms with E-state index in [0.717, 1.165) is 12.3 Å². The number of aliphatic carboxylic acids is 1. The molecule has 0 saturated carbocycles. The van der Waals surface area contributed by atoms with E-state index in [4.69, 9.17) is 16.7 Å². The Hall–Kier alpha value is -2.22. The van der Waals surface area contributed by atoms with E-state index in [1.54, 1.807) is 6.92 Å². The zero-order chi connectivity index (χ0) is 15.3. The highest BCUT2D eigenvalue weighted by molar-refractivity contribution is 6.32. The molecule has 0 unspecified atom stereocenters. The number of halogens is 1. The molecule has 1 atom stereocenters. The lowest BCUT2D eigenvalue weighted by Crippen LogP contribution is -2.40. The van der Waals surface area contributed by atoms with Crippen LogP contribution in [0.25, 0.3) is 0 Å². The van der Waals surface area contributed by atoms with Crippen molar-refractivity contribution < 1.29 is 19.6 Å². The molecule has 0 bridgehead atoms. The van der Waals surface area contributed by atoms with Gasteiger partial charge in [-0.05, 0) is 12.5 Å². The molecule has 1 aromatic heterocycles. The number of pyridine rings is 1. The summed E-state index contributed by atoms with van der Waals surface area (Å²) in [6.07, 6.45) is 1.89. The van der Waals surface area contributed by atoms with Crippen molar-refractivity contribution >= 4 is 29.2 Å². The molecular formula is C11H12ClN3O5. The second-order valence-corrected chi connectivity index (χ2v) is 4.27. The summed E-state index contributed by atoms with van der Waals surface area (Å²) >= 11 is 5.58. The van der Waals surface area contributed by atoms with Gasteiger partial charge in [0, 0.05) is 6.20 Å². The number of aromatic nitrogens is 1.